The molecule has 1 aromatic rings. The molecule has 0 aliphatic carbocycles. The van der Waals surface area contributed by atoms with E-state index in [-0.39, 0.29) is 24.5 Å². The van der Waals surface area contributed by atoms with Crippen molar-refractivity contribution in [2.75, 3.05) is 13.7 Å². The van der Waals surface area contributed by atoms with E-state index >= 15 is 0 Å². The Kier molecular flexibility index (Phi) is 4.04. The van der Waals surface area contributed by atoms with Crippen LogP contribution in [0.5, 0.6) is 0 Å². The van der Waals surface area contributed by atoms with E-state index in [9.17, 15) is 23.1 Å². The summed E-state index contributed by atoms with van der Waals surface area (Å²) in [5.41, 5.74) is -0.0980. The van der Waals surface area contributed by atoms with E-state index in [0.29, 0.717) is 18.4 Å². The van der Waals surface area contributed by atoms with Gasteiger partial charge in [-0.15, -0.1) is 0 Å². The first-order valence-corrected chi connectivity index (χ1v) is 6.38. The van der Waals surface area contributed by atoms with Crippen molar-refractivity contribution in [3.05, 3.63) is 35.4 Å². The lowest BCUT2D eigenvalue weighted by Crippen LogP contribution is -2.41. The summed E-state index contributed by atoms with van der Waals surface area (Å²) in [6.07, 6.45) is -3.46. The van der Waals surface area contributed by atoms with Crippen LogP contribution < -0.4 is 0 Å². The van der Waals surface area contributed by atoms with Gasteiger partial charge in [0.25, 0.3) is 0 Å². The van der Waals surface area contributed by atoms with Gasteiger partial charge in [-0.1, -0.05) is 12.1 Å². The summed E-state index contributed by atoms with van der Waals surface area (Å²) in [5, 5.41) is 9.39. The number of carbonyl (C=O) groups is 1. The summed E-state index contributed by atoms with van der Waals surface area (Å²) in [6, 6.07) is 4.41. The standard InChI is InChI=1S/C14H16F3NO2/c1-18-12(20)7-4-10(8-19)13(18)9-2-5-11(6-3-9)14(15,16)17/h2-3,5-6,10,13,19H,4,7-8H2,1H3/t10-,13+/m0/s1. The number of amides is 1. The first-order chi connectivity index (χ1) is 9.34. The van der Waals surface area contributed by atoms with Crippen LogP contribution in [-0.4, -0.2) is 29.6 Å². The number of likely N-dealkylation sites (tertiary alicyclic amines) is 1. The molecule has 0 radical (unpaired) electrons. The first-order valence-electron chi connectivity index (χ1n) is 6.38. The maximum atomic E-state index is 12.5. The molecular weight excluding hydrogens is 271 g/mol. The second kappa shape index (κ2) is 5.44. The van der Waals surface area contributed by atoms with Crippen LogP contribution in [0.4, 0.5) is 13.2 Å². The second-order valence-corrected chi connectivity index (χ2v) is 5.05. The van der Waals surface area contributed by atoms with Crippen molar-refractivity contribution < 1.29 is 23.1 Å². The van der Waals surface area contributed by atoms with Gasteiger partial charge in [0.15, 0.2) is 0 Å². The number of nitrogens with zero attached hydrogens (tertiary/aromatic N) is 1. The smallest absolute Gasteiger partial charge is 0.396 e. The highest BCUT2D eigenvalue weighted by atomic mass is 19.4. The maximum absolute atomic E-state index is 12.5. The normalized spacial score (nSPS) is 24.1. The highest BCUT2D eigenvalue weighted by Crippen LogP contribution is 2.37. The van der Waals surface area contributed by atoms with Gasteiger partial charge in [-0.2, -0.15) is 13.2 Å². The molecular formula is C14H16F3NO2. The largest absolute Gasteiger partial charge is 0.416 e. The van der Waals surface area contributed by atoms with Gasteiger partial charge in [-0.05, 0) is 24.1 Å². The van der Waals surface area contributed by atoms with Gasteiger partial charge in [-0.25, -0.2) is 0 Å². The predicted octanol–water partition coefficient (Wildman–Crippen LogP) is 2.61. The number of piperidine rings is 1. The lowest BCUT2D eigenvalue weighted by molar-refractivity contribution is -0.139. The lowest BCUT2D eigenvalue weighted by atomic mass is 9.85. The summed E-state index contributed by atoms with van der Waals surface area (Å²) in [7, 11) is 1.62. The zero-order chi connectivity index (χ0) is 14.9. The van der Waals surface area contributed by atoms with Crippen molar-refractivity contribution >= 4 is 5.91 Å². The van der Waals surface area contributed by atoms with E-state index < -0.39 is 11.7 Å². The monoisotopic (exact) mass is 287 g/mol. The maximum Gasteiger partial charge on any atom is 0.416 e. The Hall–Kier alpha value is -1.56. The van der Waals surface area contributed by atoms with E-state index in [2.05, 4.69) is 0 Å². The van der Waals surface area contributed by atoms with E-state index in [0.717, 1.165) is 12.1 Å². The molecule has 1 fully saturated rings. The van der Waals surface area contributed by atoms with Gasteiger partial charge in [-0.3, -0.25) is 4.79 Å². The molecule has 1 saturated heterocycles. The van der Waals surface area contributed by atoms with Crippen molar-refractivity contribution in [1.29, 1.82) is 0 Å². The average molecular weight is 287 g/mol. The third-order valence-electron chi connectivity index (χ3n) is 3.80. The highest BCUT2D eigenvalue weighted by Gasteiger charge is 2.35. The number of hydrogen-bond acceptors (Lipinski definition) is 2. The summed E-state index contributed by atoms with van der Waals surface area (Å²) >= 11 is 0. The van der Waals surface area contributed by atoms with Crippen LogP contribution in [-0.2, 0) is 11.0 Å². The molecule has 2 rings (SSSR count). The molecule has 1 heterocycles. The molecule has 0 aromatic heterocycles. The Bertz CT molecular complexity index is 484. The molecule has 1 aliphatic rings. The molecule has 1 N–H and O–H groups in total. The predicted molar refractivity (Wildman–Crippen MR) is 66.8 cm³/mol. The Balaban J connectivity index is 2.30. The Morgan fingerprint density at radius 1 is 1.30 bits per heavy atom. The van der Waals surface area contributed by atoms with E-state index in [1.54, 1.807) is 7.05 Å². The Morgan fingerprint density at radius 3 is 2.40 bits per heavy atom. The number of rotatable bonds is 2. The summed E-state index contributed by atoms with van der Waals surface area (Å²) in [6.45, 7) is -0.0939. The molecule has 0 spiro atoms. The average Bonchev–Trinajstić information content (AvgIpc) is 2.41. The zero-order valence-electron chi connectivity index (χ0n) is 11.0. The van der Waals surface area contributed by atoms with Gasteiger partial charge in [0, 0.05) is 26.0 Å². The molecule has 6 heteroatoms. The number of halogens is 3. The number of alkyl halides is 3. The quantitative estimate of drug-likeness (QED) is 0.908. The Labute approximate surface area is 115 Å². The minimum absolute atomic E-state index is 0.0559. The zero-order valence-corrected chi connectivity index (χ0v) is 11.0. The van der Waals surface area contributed by atoms with Crippen molar-refractivity contribution in [2.24, 2.45) is 5.92 Å². The minimum atomic E-state index is -4.37. The molecule has 20 heavy (non-hydrogen) atoms. The first kappa shape index (κ1) is 14.8. The number of aliphatic hydroxyl groups excluding tert-OH is 1. The van der Waals surface area contributed by atoms with Crippen molar-refractivity contribution in [2.45, 2.75) is 25.1 Å². The van der Waals surface area contributed by atoms with Gasteiger partial charge in [0.05, 0.1) is 11.6 Å². The fraction of sp³-hybridized carbons (Fsp3) is 0.500. The second-order valence-electron chi connectivity index (χ2n) is 5.05. The number of hydrogen-bond donors (Lipinski definition) is 1. The minimum Gasteiger partial charge on any atom is -0.396 e. The summed E-state index contributed by atoms with van der Waals surface area (Å²) < 4.78 is 37.6. The topological polar surface area (TPSA) is 40.5 Å². The lowest BCUT2D eigenvalue weighted by Gasteiger charge is -2.38. The van der Waals surface area contributed by atoms with E-state index in [1.165, 1.54) is 17.0 Å². The SMILES string of the molecule is CN1C(=O)CC[C@@H](CO)[C@H]1c1ccc(C(F)(F)F)cc1. The third-order valence-corrected chi connectivity index (χ3v) is 3.80. The van der Waals surface area contributed by atoms with Crippen LogP contribution in [0.1, 0.15) is 30.0 Å². The summed E-state index contributed by atoms with van der Waals surface area (Å²) in [5.74, 6) is -0.200. The third kappa shape index (κ3) is 2.80. The molecule has 0 bridgehead atoms. The fourth-order valence-electron chi connectivity index (χ4n) is 2.67. The molecule has 0 unspecified atom stereocenters. The molecule has 1 aliphatic heterocycles. The molecule has 1 amide bonds. The highest BCUT2D eigenvalue weighted by molar-refractivity contribution is 5.77. The van der Waals surface area contributed by atoms with Crippen LogP contribution in [0, 0.1) is 5.92 Å². The molecule has 1 aromatic carbocycles. The number of benzene rings is 1. The van der Waals surface area contributed by atoms with Gasteiger partial charge in [0.2, 0.25) is 5.91 Å². The van der Waals surface area contributed by atoms with Crippen molar-refractivity contribution in [3.63, 3.8) is 0 Å². The van der Waals surface area contributed by atoms with Crippen molar-refractivity contribution in [3.8, 4) is 0 Å². The fourth-order valence-corrected chi connectivity index (χ4v) is 2.67. The molecule has 0 saturated carbocycles. The van der Waals surface area contributed by atoms with E-state index in [1.807, 2.05) is 0 Å². The van der Waals surface area contributed by atoms with Crippen LogP contribution >= 0.6 is 0 Å². The molecule has 3 nitrogen and oxygen atoms in total. The van der Waals surface area contributed by atoms with Gasteiger partial charge < -0.3 is 10.0 Å². The van der Waals surface area contributed by atoms with Gasteiger partial charge >= 0.3 is 6.18 Å². The summed E-state index contributed by atoms with van der Waals surface area (Å²) in [4.78, 5) is 13.2. The number of aliphatic hydroxyl groups is 1. The Morgan fingerprint density at radius 2 is 1.90 bits per heavy atom. The van der Waals surface area contributed by atoms with Crippen LogP contribution in [0.2, 0.25) is 0 Å². The van der Waals surface area contributed by atoms with Crippen LogP contribution in [0.15, 0.2) is 24.3 Å². The van der Waals surface area contributed by atoms with Crippen molar-refractivity contribution in [1.82, 2.24) is 4.90 Å². The van der Waals surface area contributed by atoms with Crippen LogP contribution in [0.25, 0.3) is 0 Å². The van der Waals surface area contributed by atoms with Gasteiger partial charge in [0.1, 0.15) is 0 Å². The van der Waals surface area contributed by atoms with E-state index in [4.69, 9.17) is 0 Å². The number of carbonyl (C=O) groups excluding carboxylic acids is 1. The van der Waals surface area contributed by atoms with Crippen LogP contribution in [0.3, 0.4) is 0 Å². The molecule has 2 atom stereocenters. The molecule has 110 valence electrons.